The Morgan fingerprint density at radius 1 is 1.20 bits per heavy atom. The summed E-state index contributed by atoms with van der Waals surface area (Å²) in [6.07, 6.45) is 1.62. The van der Waals surface area contributed by atoms with Gasteiger partial charge in [0.15, 0.2) is 14.6 Å². The minimum atomic E-state index is -0.300. The van der Waals surface area contributed by atoms with Gasteiger partial charge in [0.1, 0.15) is 11.9 Å². The quantitative estimate of drug-likeness (QED) is 0.442. The van der Waals surface area contributed by atoms with Crippen LogP contribution in [0.1, 0.15) is 29.0 Å². The van der Waals surface area contributed by atoms with Crippen LogP contribution in [0.15, 0.2) is 59.6 Å². The normalized spacial score (nSPS) is 12.2. The summed E-state index contributed by atoms with van der Waals surface area (Å²) in [6, 6.07) is 18.1. The Bertz CT molecular complexity index is 996. The number of benzene rings is 2. The Kier molecular flexibility index (Phi) is 5.17. The molecule has 2 aromatic carbocycles. The van der Waals surface area contributed by atoms with E-state index < -0.39 is 0 Å². The van der Waals surface area contributed by atoms with E-state index in [2.05, 4.69) is 11.1 Å². The zero-order chi connectivity index (χ0) is 17.8. The van der Waals surface area contributed by atoms with Crippen LogP contribution in [0.5, 0.6) is 0 Å². The van der Waals surface area contributed by atoms with E-state index in [1.54, 1.807) is 18.3 Å². The van der Waals surface area contributed by atoms with Crippen LogP contribution in [0.2, 0.25) is 0 Å². The number of nitriles is 1. The summed E-state index contributed by atoms with van der Waals surface area (Å²) in [7, 11) is 0. The first kappa shape index (κ1) is 17.2. The number of aliphatic imine (C=N–C) groups is 1. The maximum atomic E-state index is 13.0. The Hall–Kier alpha value is -2.62. The summed E-state index contributed by atoms with van der Waals surface area (Å²) < 4.78 is 15.5. The molecule has 0 saturated carbocycles. The van der Waals surface area contributed by atoms with Crippen LogP contribution in [-0.4, -0.2) is 10.8 Å². The summed E-state index contributed by atoms with van der Waals surface area (Å²) in [6.45, 7) is 2.02. The van der Waals surface area contributed by atoms with Crippen LogP contribution in [0.25, 0.3) is 0 Å². The average Bonchev–Trinajstić information content (AvgIpc) is 2.97. The summed E-state index contributed by atoms with van der Waals surface area (Å²) >= 11 is 6.70. The Balaban J connectivity index is 2.05. The van der Waals surface area contributed by atoms with E-state index in [0.29, 0.717) is 14.6 Å². The second-order valence-electron chi connectivity index (χ2n) is 5.40. The van der Waals surface area contributed by atoms with Crippen LogP contribution in [-0.2, 0) is 0 Å². The fourth-order valence-corrected chi connectivity index (χ4v) is 3.78. The number of hydrogen-bond acceptors (Lipinski definition) is 4. The lowest BCUT2D eigenvalue weighted by atomic mass is 10.1. The number of aromatic nitrogens is 1. The standard InChI is InChI=1S/C19H14FN3S2/c1-13(15-5-3-2-4-6-15)23-18(17(11-21)25-19(23)24)22-12-14-7-9-16(20)10-8-14/h2-10,12-13H,1H3. The van der Waals surface area contributed by atoms with Gasteiger partial charge in [-0.25, -0.2) is 9.38 Å². The number of nitrogens with zero attached hydrogens (tertiary/aromatic N) is 3. The van der Waals surface area contributed by atoms with Crippen molar-refractivity contribution in [3.05, 3.63) is 80.4 Å². The predicted octanol–water partition coefficient (Wildman–Crippen LogP) is 5.65. The molecule has 1 heterocycles. The molecule has 0 N–H and O–H groups in total. The lowest BCUT2D eigenvalue weighted by Crippen LogP contribution is -2.06. The van der Waals surface area contributed by atoms with E-state index >= 15 is 0 Å². The predicted molar refractivity (Wildman–Crippen MR) is 102 cm³/mol. The van der Waals surface area contributed by atoms with Gasteiger partial charge in [-0.15, -0.1) is 0 Å². The third-order valence-electron chi connectivity index (χ3n) is 3.79. The van der Waals surface area contributed by atoms with Crippen LogP contribution < -0.4 is 0 Å². The van der Waals surface area contributed by atoms with Gasteiger partial charge in [-0.05, 0) is 42.4 Å². The molecule has 25 heavy (non-hydrogen) atoms. The highest BCUT2D eigenvalue weighted by atomic mass is 32.1. The molecule has 0 fully saturated rings. The second-order valence-corrected chi connectivity index (χ2v) is 7.04. The van der Waals surface area contributed by atoms with Gasteiger partial charge in [0.05, 0.1) is 6.04 Å². The zero-order valence-electron chi connectivity index (χ0n) is 13.4. The number of halogens is 1. The zero-order valence-corrected chi connectivity index (χ0v) is 15.0. The first-order chi connectivity index (χ1) is 12.1. The molecule has 0 saturated heterocycles. The van der Waals surface area contributed by atoms with Crippen LogP contribution in [0.3, 0.4) is 0 Å². The SMILES string of the molecule is CC(c1ccccc1)n1c(N=Cc2ccc(F)cc2)c(C#N)sc1=S. The molecular formula is C19H14FN3S2. The van der Waals surface area contributed by atoms with Crippen molar-refractivity contribution in [2.24, 2.45) is 4.99 Å². The molecule has 1 atom stereocenters. The Morgan fingerprint density at radius 3 is 2.52 bits per heavy atom. The summed E-state index contributed by atoms with van der Waals surface area (Å²) in [5.41, 5.74) is 1.83. The van der Waals surface area contributed by atoms with Crippen molar-refractivity contribution < 1.29 is 4.39 Å². The molecule has 1 aromatic heterocycles. The number of thiazole rings is 1. The van der Waals surface area contributed by atoms with E-state index in [0.717, 1.165) is 11.1 Å². The van der Waals surface area contributed by atoms with E-state index in [4.69, 9.17) is 12.2 Å². The van der Waals surface area contributed by atoms with Crippen molar-refractivity contribution in [3.8, 4) is 6.07 Å². The monoisotopic (exact) mass is 367 g/mol. The van der Waals surface area contributed by atoms with Gasteiger partial charge in [-0.3, -0.25) is 4.57 Å². The molecule has 0 radical (unpaired) electrons. The molecule has 0 bridgehead atoms. The molecule has 3 nitrogen and oxygen atoms in total. The number of hydrogen-bond donors (Lipinski definition) is 0. The minimum absolute atomic E-state index is 0.0487. The molecule has 0 spiro atoms. The molecule has 0 aliphatic carbocycles. The molecule has 1 unspecified atom stereocenters. The minimum Gasteiger partial charge on any atom is -0.300 e. The average molecular weight is 367 g/mol. The van der Waals surface area contributed by atoms with Crippen LogP contribution in [0.4, 0.5) is 10.2 Å². The molecule has 124 valence electrons. The summed E-state index contributed by atoms with van der Waals surface area (Å²) in [4.78, 5) is 4.95. The van der Waals surface area contributed by atoms with E-state index in [1.165, 1.54) is 23.5 Å². The van der Waals surface area contributed by atoms with E-state index in [-0.39, 0.29) is 11.9 Å². The van der Waals surface area contributed by atoms with Gasteiger partial charge in [0.25, 0.3) is 0 Å². The van der Waals surface area contributed by atoms with E-state index in [9.17, 15) is 9.65 Å². The fraction of sp³-hybridized carbons (Fsp3) is 0.105. The third kappa shape index (κ3) is 3.73. The maximum Gasteiger partial charge on any atom is 0.164 e. The smallest absolute Gasteiger partial charge is 0.164 e. The largest absolute Gasteiger partial charge is 0.300 e. The van der Waals surface area contributed by atoms with Crippen LogP contribution in [0, 0.1) is 21.1 Å². The molecule has 6 heteroatoms. The van der Waals surface area contributed by atoms with Gasteiger partial charge < -0.3 is 0 Å². The van der Waals surface area contributed by atoms with Crippen molar-refractivity contribution in [3.63, 3.8) is 0 Å². The molecular weight excluding hydrogens is 353 g/mol. The van der Waals surface area contributed by atoms with Crippen molar-refractivity contribution in [1.29, 1.82) is 5.26 Å². The van der Waals surface area contributed by atoms with Crippen LogP contribution >= 0.6 is 23.6 Å². The molecule has 0 aliphatic heterocycles. The van der Waals surface area contributed by atoms with Gasteiger partial charge in [0.2, 0.25) is 0 Å². The highest BCUT2D eigenvalue weighted by molar-refractivity contribution is 7.73. The third-order valence-corrected chi connectivity index (χ3v) is 5.09. The highest BCUT2D eigenvalue weighted by Gasteiger charge is 2.17. The molecule has 0 aliphatic rings. The second kappa shape index (κ2) is 7.51. The van der Waals surface area contributed by atoms with Gasteiger partial charge in [-0.2, -0.15) is 5.26 Å². The molecule has 3 aromatic rings. The maximum absolute atomic E-state index is 13.0. The number of rotatable bonds is 4. The fourth-order valence-electron chi connectivity index (χ4n) is 2.48. The van der Waals surface area contributed by atoms with E-state index in [1.807, 2.05) is 41.8 Å². The van der Waals surface area contributed by atoms with Gasteiger partial charge in [-0.1, -0.05) is 53.8 Å². The van der Waals surface area contributed by atoms with Gasteiger partial charge in [0, 0.05) is 6.21 Å². The van der Waals surface area contributed by atoms with Crippen molar-refractivity contribution in [2.75, 3.05) is 0 Å². The lowest BCUT2D eigenvalue weighted by molar-refractivity contribution is 0.628. The lowest BCUT2D eigenvalue weighted by Gasteiger charge is -2.15. The Labute approximate surface area is 154 Å². The Morgan fingerprint density at radius 2 is 1.88 bits per heavy atom. The first-order valence-corrected chi connectivity index (χ1v) is 8.82. The first-order valence-electron chi connectivity index (χ1n) is 7.60. The van der Waals surface area contributed by atoms with Gasteiger partial charge >= 0.3 is 0 Å². The molecule has 3 rings (SSSR count). The topological polar surface area (TPSA) is 41.1 Å². The van der Waals surface area contributed by atoms with Crippen molar-refractivity contribution >= 4 is 35.6 Å². The molecule has 0 amide bonds. The highest BCUT2D eigenvalue weighted by Crippen LogP contribution is 2.33. The summed E-state index contributed by atoms with van der Waals surface area (Å²) in [5, 5.41) is 9.42. The van der Waals surface area contributed by atoms with Crippen molar-refractivity contribution in [2.45, 2.75) is 13.0 Å². The summed E-state index contributed by atoms with van der Waals surface area (Å²) in [5.74, 6) is 0.226. The van der Waals surface area contributed by atoms with Crippen molar-refractivity contribution in [1.82, 2.24) is 4.57 Å².